The van der Waals surface area contributed by atoms with E-state index in [1.807, 2.05) is 0 Å². The Morgan fingerprint density at radius 2 is 1.83 bits per heavy atom. The Morgan fingerprint density at radius 3 is 2.17 bits per heavy atom. The van der Waals surface area contributed by atoms with Gasteiger partial charge in [0.15, 0.2) is 5.69 Å². The highest BCUT2D eigenvalue weighted by Gasteiger charge is 2.06. The predicted molar refractivity (Wildman–Crippen MR) is 48.2 cm³/mol. The highest BCUT2D eigenvalue weighted by Crippen LogP contribution is 1.97. The van der Waals surface area contributed by atoms with Crippen LogP contribution < -0.4 is 0 Å². The minimum Gasteiger partial charge on any atom is -0.476 e. The number of aromatic nitrogens is 2. The Balaban J connectivity index is 0. The summed E-state index contributed by atoms with van der Waals surface area (Å²) in [5, 5.41) is 8.46. The molecule has 68 valence electrons. The molecule has 1 N–H and O–H groups in total. The van der Waals surface area contributed by atoms with E-state index in [0.717, 1.165) is 0 Å². The third-order valence-corrected chi connectivity index (χ3v) is 1.08. The lowest BCUT2D eigenvalue weighted by Crippen LogP contribution is -2.03. The Hall–Kier alpha value is -0.870. The molecule has 0 fully saturated rings. The van der Waals surface area contributed by atoms with Crippen LogP contribution in [-0.2, 0) is 0 Å². The van der Waals surface area contributed by atoms with Crippen LogP contribution in [0.2, 0.25) is 0 Å². The van der Waals surface area contributed by atoms with Gasteiger partial charge in [-0.05, 0) is 6.92 Å². The number of nitrogens with zero attached hydrogens (tertiary/aromatic N) is 2. The third-order valence-electron chi connectivity index (χ3n) is 1.08. The first-order valence-corrected chi connectivity index (χ1v) is 2.72. The second kappa shape index (κ2) is 5.74. The van der Waals surface area contributed by atoms with Crippen molar-refractivity contribution in [2.45, 2.75) is 6.92 Å². The number of aryl methyl sites for hydroxylation is 1. The largest absolute Gasteiger partial charge is 0.476 e. The molecule has 12 heavy (non-hydrogen) atoms. The number of hydrogen-bond acceptors (Lipinski definition) is 3. The van der Waals surface area contributed by atoms with Gasteiger partial charge in [0.05, 0.1) is 5.69 Å². The molecule has 0 saturated heterocycles. The molecule has 1 rings (SSSR count). The van der Waals surface area contributed by atoms with Crippen LogP contribution in [0.1, 0.15) is 16.2 Å². The summed E-state index contributed by atoms with van der Waals surface area (Å²) in [6.07, 6.45) is 2.82. The molecular formula is C6H8Cl2N2O2. The van der Waals surface area contributed by atoms with Gasteiger partial charge in [-0.25, -0.2) is 9.78 Å². The molecule has 0 amide bonds. The minimum absolute atomic E-state index is 0. The van der Waals surface area contributed by atoms with Crippen molar-refractivity contribution in [1.29, 1.82) is 0 Å². The molecule has 1 aromatic heterocycles. The smallest absolute Gasteiger partial charge is 0.356 e. The molecule has 0 bridgehead atoms. The van der Waals surface area contributed by atoms with E-state index in [1.54, 1.807) is 6.92 Å². The van der Waals surface area contributed by atoms with Crippen LogP contribution in [0.15, 0.2) is 12.4 Å². The standard InChI is InChI=1S/C6H6N2O2.2ClH/c1-4-5(6(9)10)8-3-2-7-4;;/h2-3H,1H3,(H,9,10);2*1H. The number of carboxylic acids is 1. The summed E-state index contributed by atoms with van der Waals surface area (Å²) in [5.74, 6) is -1.04. The summed E-state index contributed by atoms with van der Waals surface area (Å²) < 4.78 is 0. The first kappa shape index (κ1) is 13.7. The zero-order valence-electron chi connectivity index (χ0n) is 6.22. The normalized spacial score (nSPS) is 7.75. The Morgan fingerprint density at radius 1 is 1.33 bits per heavy atom. The predicted octanol–water partition coefficient (Wildman–Crippen LogP) is 1.33. The molecule has 0 saturated carbocycles. The summed E-state index contributed by atoms with van der Waals surface area (Å²) in [5.41, 5.74) is 0.456. The van der Waals surface area contributed by atoms with Crippen molar-refractivity contribution in [1.82, 2.24) is 9.97 Å². The Labute approximate surface area is 81.9 Å². The van der Waals surface area contributed by atoms with Gasteiger partial charge >= 0.3 is 5.97 Å². The maximum Gasteiger partial charge on any atom is 0.356 e. The minimum atomic E-state index is -1.04. The first-order chi connectivity index (χ1) is 4.72. The lowest BCUT2D eigenvalue weighted by molar-refractivity contribution is 0.0689. The average molecular weight is 211 g/mol. The molecule has 0 unspecified atom stereocenters. The van der Waals surface area contributed by atoms with Crippen molar-refractivity contribution in [3.63, 3.8) is 0 Å². The quantitative estimate of drug-likeness (QED) is 0.760. The summed E-state index contributed by atoms with van der Waals surface area (Å²) >= 11 is 0. The van der Waals surface area contributed by atoms with E-state index in [-0.39, 0.29) is 30.5 Å². The molecule has 1 aromatic rings. The SMILES string of the molecule is Cc1nccnc1C(=O)O.Cl.Cl. The lowest BCUT2D eigenvalue weighted by atomic mass is 10.3. The van der Waals surface area contributed by atoms with Gasteiger partial charge in [0.1, 0.15) is 0 Å². The fraction of sp³-hybridized carbons (Fsp3) is 0.167. The van der Waals surface area contributed by atoms with Crippen molar-refractivity contribution >= 4 is 30.8 Å². The molecule has 0 aliphatic rings. The van der Waals surface area contributed by atoms with E-state index in [0.29, 0.717) is 5.69 Å². The Bertz CT molecular complexity index is 267. The number of rotatable bonds is 1. The Kier molecular flexibility index (Phi) is 6.55. The number of carbonyl (C=O) groups is 1. The number of hydrogen-bond donors (Lipinski definition) is 1. The van der Waals surface area contributed by atoms with Gasteiger partial charge in [0.25, 0.3) is 0 Å². The van der Waals surface area contributed by atoms with Crippen molar-refractivity contribution < 1.29 is 9.90 Å². The summed E-state index contributed by atoms with van der Waals surface area (Å²) in [6.45, 7) is 1.61. The van der Waals surface area contributed by atoms with Crippen LogP contribution in [0.5, 0.6) is 0 Å². The van der Waals surface area contributed by atoms with E-state index in [9.17, 15) is 4.79 Å². The van der Waals surface area contributed by atoms with Crippen LogP contribution in [0.25, 0.3) is 0 Å². The average Bonchev–Trinajstić information content (AvgIpc) is 1.88. The number of carboxylic acid groups (broad SMARTS) is 1. The van der Waals surface area contributed by atoms with Gasteiger partial charge < -0.3 is 5.11 Å². The first-order valence-electron chi connectivity index (χ1n) is 2.72. The fourth-order valence-corrected chi connectivity index (χ4v) is 0.618. The molecular weight excluding hydrogens is 203 g/mol. The van der Waals surface area contributed by atoms with Crippen LogP contribution in [0.3, 0.4) is 0 Å². The van der Waals surface area contributed by atoms with Gasteiger partial charge in [-0.3, -0.25) is 4.98 Å². The lowest BCUT2D eigenvalue weighted by Gasteiger charge is -1.94. The molecule has 0 aliphatic carbocycles. The van der Waals surface area contributed by atoms with E-state index < -0.39 is 5.97 Å². The molecule has 0 aliphatic heterocycles. The van der Waals surface area contributed by atoms with E-state index in [4.69, 9.17) is 5.11 Å². The van der Waals surface area contributed by atoms with Crippen LogP contribution >= 0.6 is 24.8 Å². The number of halogens is 2. The molecule has 0 radical (unpaired) electrons. The maximum atomic E-state index is 10.3. The highest BCUT2D eigenvalue weighted by atomic mass is 35.5. The van der Waals surface area contributed by atoms with Gasteiger partial charge in [-0.2, -0.15) is 0 Å². The monoisotopic (exact) mass is 210 g/mol. The van der Waals surface area contributed by atoms with E-state index >= 15 is 0 Å². The molecule has 0 aromatic carbocycles. The highest BCUT2D eigenvalue weighted by molar-refractivity contribution is 5.86. The summed E-state index contributed by atoms with van der Waals surface area (Å²) in [6, 6.07) is 0. The molecule has 4 nitrogen and oxygen atoms in total. The summed E-state index contributed by atoms with van der Waals surface area (Å²) in [7, 11) is 0. The van der Waals surface area contributed by atoms with Crippen LogP contribution in [0, 0.1) is 6.92 Å². The van der Waals surface area contributed by atoms with Gasteiger partial charge in [0.2, 0.25) is 0 Å². The van der Waals surface area contributed by atoms with Crippen molar-refractivity contribution in [3.05, 3.63) is 23.8 Å². The second-order valence-corrected chi connectivity index (χ2v) is 1.80. The number of aromatic carboxylic acids is 1. The zero-order chi connectivity index (χ0) is 7.56. The van der Waals surface area contributed by atoms with Gasteiger partial charge in [-0.15, -0.1) is 24.8 Å². The molecule has 1 heterocycles. The molecule has 0 atom stereocenters. The van der Waals surface area contributed by atoms with E-state index in [2.05, 4.69) is 9.97 Å². The van der Waals surface area contributed by atoms with E-state index in [1.165, 1.54) is 12.4 Å². The fourth-order valence-electron chi connectivity index (χ4n) is 0.618. The second-order valence-electron chi connectivity index (χ2n) is 1.80. The van der Waals surface area contributed by atoms with Gasteiger partial charge in [0, 0.05) is 12.4 Å². The van der Waals surface area contributed by atoms with Crippen molar-refractivity contribution in [2.24, 2.45) is 0 Å². The maximum absolute atomic E-state index is 10.3. The van der Waals surface area contributed by atoms with Crippen molar-refractivity contribution in [3.8, 4) is 0 Å². The topological polar surface area (TPSA) is 63.1 Å². The van der Waals surface area contributed by atoms with Crippen LogP contribution in [-0.4, -0.2) is 21.0 Å². The zero-order valence-corrected chi connectivity index (χ0v) is 7.85. The van der Waals surface area contributed by atoms with Gasteiger partial charge in [-0.1, -0.05) is 0 Å². The third kappa shape index (κ3) is 3.02. The molecule has 6 heteroatoms. The summed E-state index contributed by atoms with van der Waals surface area (Å²) in [4.78, 5) is 17.7. The molecule has 0 spiro atoms. The van der Waals surface area contributed by atoms with Crippen LogP contribution in [0.4, 0.5) is 0 Å². The van der Waals surface area contributed by atoms with Crippen molar-refractivity contribution in [2.75, 3.05) is 0 Å².